The minimum atomic E-state index is -0.465. The first-order chi connectivity index (χ1) is 17.1. The molecule has 0 saturated carbocycles. The first-order valence-electron chi connectivity index (χ1n) is 14.6. The van der Waals surface area contributed by atoms with Gasteiger partial charge in [0.2, 0.25) is 0 Å². The van der Waals surface area contributed by atoms with Crippen LogP contribution in [0.2, 0.25) is 0 Å². The Hall–Kier alpha value is -1.30. The molecule has 5 heteroatoms. The van der Waals surface area contributed by atoms with E-state index in [1.807, 2.05) is 24.3 Å². The first-order valence-corrected chi connectivity index (χ1v) is 14.6. The lowest BCUT2D eigenvalue weighted by atomic mass is 10.1. The highest BCUT2D eigenvalue weighted by atomic mass is 16.8. The summed E-state index contributed by atoms with van der Waals surface area (Å²) in [6.45, 7) is 6.45. The summed E-state index contributed by atoms with van der Waals surface area (Å²) in [5, 5.41) is 0. The van der Waals surface area contributed by atoms with E-state index < -0.39 is 12.8 Å². The van der Waals surface area contributed by atoms with Crippen LogP contribution in [0, 0.1) is 0 Å². The summed E-state index contributed by atoms with van der Waals surface area (Å²) < 4.78 is 18.9. The average molecular weight is 491 g/mol. The minimum absolute atomic E-state index is 0.465. The number of hydrogen-bond acceptors (Lipinski definition) is 5. The summed E-state index contributed by atoms with van der Waals surface area (Å²) in [5.74, 6) is 1.63. The monoisotopic (exact) mass is 490 g/mol. The number of unbranched alkanes of at least 4 members (excludes halogenated alkanes) is 14. The van der Waals surface area contributed by atoms with Gasteiger partial charge in [0, 0.05) is 13.1 Å². The van der Waals surface area contributed by atoms with Crippen molar-refractivity contribution in [2.24, 2.45) is 0 Å². The molecule has 5 nitrogen and oxygen atoms in total. The summed E-state index contributed by atoms with van der Waals surface area (Å²) >= 11 is 0. The van der Waals surface area contributed by atoms with Gasteiger partial charge in [-0.1, -0.05) is 104 Å². The second-order valence-corrected chi connectivity index (χ2v) is 10.4. The highest BCUT2D eigenvalue weighted by Gasteiger charge is 2.28. The van der Waals surface area contributed by atoms with Crippen molar-refractivity contribution >= 4 is 0 Å². The largest absolute Gasteiger partial charge is 0.451 e. The van der Waals surface area contributed by atoms with Gasteiger partial charge in [0.15, 0.2) is 0 Å². The Labute approximate surface area is 216 Å². The topological polar surface area (TPSA) is 34.2 Å². The van der Waals surface area contributed by atoms with Gasteiger partial charge in [-0.25, -0.2) is 9.80 Å². The second-order valence-electron chi connectivity index (χ2n) is 10.4. The third-order valence-electron chi connectivity index (χ3n) is 6.98. The van der Waals surface area contributed by atoms with E-state index in [1.54, 1.807) is 0 Å². The van der Waals surface area contributed by atoms with Crippen molar-refractivity contribution in [1.82, 2.24) is 9.80 Å². The van der Waals surface area contributed by atoms with Crippen LogP contribution in [0.3, 0.4) is 0 Å². The van der Waals surface area contributed by atoms with Crippen molar-refractivity contribution in [3.63, 3.8) is 0 Å². The smallest absolute Gasteiger partial charge is 0.265 e. The van der Waals surface area contributed by atoms with Gasteiger partial charge < -0.3 is 9.47 Å². The standard InChI is InChI=1S/C30H54N2O3/c1-5-7-9-11-13-15-17-19-25-31(3)29-33-27-21-23-28(24-22-27)34-30(35-29)32(4)26-20-18-16-14-12-10-8-6-2/h21-24,29-30H,5-20,25-26H2,1-4H3. The van der Waals surface area contributed by atoms with Gasteiger partial charge >= 0.3 is 0 Å². The summed E-state index contributed by atoms with van der Waals surface area (Å²) in [5.41, 5.74) is 0. The molecule has 0 aliphatic carbocycles. The van der Waals surface area contributed by atoms with Crippen molar-refractivity contribution in [3.05, 3.63) is 24.3 Å². The Morgan fingerprint density at radius 2 is 0.829 bits per heavy atom. The molecule has 0 spiro atoms. The average Bonchev–Trinajstić information content (AvgIpc) is 3.01. The summed E-state index contributed by atoms with van der Waals surface area (Å²) in [7, 11) is 4.18. The number of hydrogen-bond donors (Lipinski definition) is 0. The molecule has 0 N–H and O–H groups in total. The van der Waals surface area contributed by atoms with Gasteiger partial charge in [0.1, 0.15) is 11.5 Å². The highest BCUT2D eigenvalue weighted by molar-refractivity contribution is 5.31. The van der Waals surface area contributed by atoms with Gasteiger partial charge in [0.05, 0.1) is 0 Å². The van der Waals surface area contributed by atoms with Gasteiger partial charge in [-0.3, -0.25) is 4.74 Å². The lowest BCUT2D eigenvalue weighted by Gasteiger charge is -2.34. The summed E-state index contributed by atoms with van der Waals surface area (Å²) in [6, 6.07) is 7.88. The van der Waals surface area contributed by atoms with E-state index in [0.29, 0.717) is 0 Å². The Morgan fingerprint density at radius 1 is 0.514 bits per heavy atom. The van der Waals surface area contributed by atoms with Crippen molar-refractivity contribution in [2.75, 3.05) is 27.2 Å². The maximum atomic E-state index is 6.41. The van der Waals surface area contributed by atoms with E-state index in [-0.39, 0.29) is 0 Å². The molecule has 35 heavy (non-hydrogen) atoms. The second kappa shape index (κ2) is 18.9. The van der Waals surface area contributed by atoms with Crippen molar-refractivity contribution < 1.29 is 14.2 Å². The van der Waals surface area contributed by atoms with E-state index in [4.69, 9.17) is 14.2 Å². The molecule has 1 aromatic rings. The van der Waals surface area contributed by atoms with Crippen LogP contribution >= 0.6 is 0 Å². The van der Waals surface area contributed by atoms with E-state index >= 15 is 0 Å². The Balaban J connectivity index is 1.77. The molecule has 0 saturated heterocycles. The van der Waals surface area contributed by atoms with Gasteiger partial charge in [0.25, 0.3) is 12.8 Å². The minimum Gasteiger partial charge on any atom is -0.451 e. The third kappa shape index (κ3) is 13.0. The van der Waals surface area contributed by atoms with Crippen molar-refractivity contribution in [3.8, 4) is 11.5 Å². The van der Waals surface area contributed by atoms with Crippen molar-refractivity contribution in [1.29, 1.82) is 0 Å². The third-order valence-corrected chi connectivity index (χ3v) is 6.98. The number of benzene rings is 1. The number of ether oxygens (including phenoxy) is 3. The van der Waals surface area contributed by atoms with Crippen LogP contribution in [0.15, 0.2) is 24.3 Å². The van der Waals surface area contributed by atoms with Crippen LogP contribution < -0.4 is 9.47 Å². The van der Waals surface area contributed by atoms with E-state index in [0.717, 1.165) is 37.4 Å². The van der Waals surface area contributed by atoms with Gasteiger partial charge in [-0.05, 0) is 51.2 Å². The fourth-order valence-electron chi connectivity index (χ4n) is 4.57. The van der Waals surface area contributed by atoms with Crippen LogP contribution in [-0.4, -0.2) is 49.8 Å². The van der Waals surface area contributed by atoms with Crippen LogP contribution in [-0.2, 0) is 4.74 Å². The van der Waals surface area contributed by atoms with E-state index in [9.17, 15) is 0 Å². The molecule has 0 amide bonds. The maximum absolute atomic E-state index is 6.41. The number of nitrogens with zero attached hydrogens (tertiary/aromatic N) is 2. The molecule has 2 aliphatic heterocycles. The Morgan fingerprint density at radius 3 is 1.17 bits per heavy atom. The van der Waals surface area contributed by atoms with Gasteiger partial charge in [-0.2, -0.15) is 0 Å². The molecule has 1 aromatic carbocycles. The fraction of sp³-hybridized carbons (Fsp3) is 0.800. The Bertz CT molecular complexity index is 572. The summed E-state index contributed by atoms with van der Waals surface area (Å²) in [4.78, 5) is 4.35. The number of fused-ring (bicyclic) bond motifs is 6. The quantitative estimate of drug-likeness (QED) is 0.172. The zero-order valence-corrected chi connectivity index (χ0v) is 23.3. The molecule has 0 radical (unpaired) electrons. The van der Waals surface area contributed by atoms with Gasteiger partial charge in [-0.15, -0.1) is 0 Å². The molecule has 0 fully saturated rings. The number of rotatable bonds is 20. The molecule has 3 rings (SSSR count). The lowest BCUT2D eigenvalue weighted by Crippen LogP contribution is -2.48. The zero-order chi connectivity index (χ0) is 25.1. The first kappa shape index (κ1) is 29.9. The molecule has 2 atom stereocenters. The molecular weight excluding hydrogens is 436 g/mol. The van der Waals surface area contributed by atoms with Crippen LogP contribution in [0.25, 0.3) is 0 Å². The molecule has 2 heterocycles. The fourth-order valence-corrected chi connectivity index (χ4v) is 4.57. The highest BCUT2D eigenvalue weighted by Crippen LogP contribution is 2.25. The summed E-state index contributed by atoms with van der Waals surface area (Å²) in [6.07, 6.45) is 20.1. The van der Waals surface area contributed by atoms with Crippen LogP contribution in [0.4, 0.5) is 0 Å². The Kier molecular flexibility index (Phi) is 16.2. The zero-order valence-electron chi connectivity index (χ0n) is 23.3. The maximum Gasteiger partial charge on any atom is 0.265 e. The molecule has 2 aliphatic rings. The SMILES string of the molecule is CCCCCCCCCCN(C)C1Oc2ccc(cc2)OC(N(C)CCCCCCCCCC)O1. The van der Waals surface area contributed by atoms with E-state index in [1.165, 1.54) is 89.9 Å². The lowest BCUT2D eigenvalue weighted by molar-refractivity contribution is -0.278. The molecule has 0 aromatic heterocycles. The van der Waals surface area contributed by atoms with Crippen LogP contribution in [0.5, 0.6) is 11.5 Å². The predicted molar refractivity (Wildman–Crippen MR) is 147 cm³/mol. The molecular formula is C30H54N2O3. The van der Waals surface area contributed by atoms with Crippen molar-refractivity contribution in [2.45, 2.75) is 129 Å². The van der Waals surface area contributed by atoms with E-state index in [2.05, 4.69) is 37.7 Å². The molecule has 202 valence electrons. The molecule has 2 bridgehead atoms. The van der Waals surface area contributed by atoms with Crippen LogP contribution in [0.1, 0.15) is 117 Å². The molecule has 2 unspecified atom stereocenters. The predicted octanol–water partition coefficient (Wildman–Crippen LogP) is 8.19. The normalized spacial score (nSPS) is 17.8.